The summed E-state index contributed by atoms with van der Waals surface area (Å²) >= 11 is 11.7. The van der Waals surface area contributed by atoms with Gasteiger partial charge in [0.15, 0.2) is 0 Å². The number of rotatable bonds is 4. The molecule has 0 aliphatic heterocycles. The van der Waals surface area contributed by atoms with Gasteiger partial charge < -0.3 is 5.32 Å². The lowest BCUT2D eigenvalue weighted by Gasteiger charge is -2.17. The van der Waals surface area contributed by atoms with Gasteiger partial charge in [0.05, 0.1) is 5.02 Å². The molecule has 100 valence electrons. The quantitative estimate of drug-likeness (QED) is 0.867. The van der Waals surface area contributed by atoms with E-state index in [2.05, 4.69) is 5.32 Å². The smallest absolute Gasteiger partial charge is 0.142 e. The molecule has 0 saturated heterocycles. The molecule has 0 aromatic heterocycles. The van der Waals surface area contributed by atoms with E-state index in [0.29, 0.717) is 5.02 Å². The van der Waals surface area contributed by atoms with Crippen molar-refractivity contribution in [1.29, 1.82) is 0 Å². The predicted octanol–water partition coefficient (Wildman–Crippen LogP) is 4.64. The highest BCUT2D eigenvalue weighted by atomic mass is 35.5. The Hall–Kier alpha value is -1.09. The van der Waals surface area contributed by atoms with Gasteiger partial charge in [0, 0.05) is 11.1 Å². The van der Waals surface area contributed by atoms with Crippen LogP contribution >= 0.6 is 23.2 Å². The minimum Gasteiger partial charge on any atom is -0.313 e. The molecule has 1 atom stereocenters. The highest BCUT2D eigenvalue weighted by molar-refractivity contribution is 6.31. The van der Waals surface area contributed by atoms with Gasteiger partial charge in [0.2, 0.25) is 0 Å². The van der Waals surface area contributed by atoms with E-state index >= 15 is 0 Å². The first kappa shape index (κ1) is 14.3. The standard InChI is InChI=1S/C15H14Cl2FN/c1-19-15(8-10-3-2-4-12(16)7-10)11-5-6-13(17)14(18)9-11/h2-7,9,15,19H,8H2,1H3. The van der Waals surface area contributed by atoms with Crippen molar-refractivity contribution in [2.75, 3.05) is 7.05 Å². The van der Waals surface area contributed by atoms with Gasteiger partial charge in [0.25, 0.3) is 0 Å². The lowest BCUT2D eigenvalue weighted by atomic mass is 9.99. The van der Waals surface area contributed by atoms with E-state index in [-0.39, 0.29) is 11.1 Å². The molecule has 0 bridgehead atoms. The minimum absolute atomic E-state index is 0.0187. The maximum Gasteiger partial charge on any atom is 0.142 e. The number of nitrogens with one attached hydrogen (secondary N) is 1. The summed E-state index contributed by atoms with van der Waals surface area (Å²) in [6, 6.07) is 12.6. The number of halogens is 3. The zero-order chi connectivity index (χ0) is 13.8. The van der Waals surface area contributed by atoms with Crippen molar-refractivity contribution in [1.82, 2.24) is 5.32 Å². The van der Waals surface area contributed by atoms with Gasteiger partial charge in [-0.3, -0.25) is 0 Å². The van der Waals surface area contributed by atoms with Crippen LogP contribution in [0.2, 0.25) is 10.0 Å². The van der Waals surface area contributed by atoms with Gasteiger partial charge in [0.1, 0.15) is 5.82 Å². The fraction of sp³-hybridized carbons (Fsp3) is 0.200. The zero-order valence-electron chi connectivity index (χ0n) is 10.5. The van der Waals surface area contributed by atoms with Crippen LogP contribution in [0.3, 0.4) is 0 Å². The normalized spacial score (nSPS) is 12.4. The molecule has 0 heterocycles. The van der Waals surface area contributed by atoms with Crippen LogP contribution in [0.25, 0.3) is 0 Å². The zero-order valence-corrected chi connectivity index (χ0v) is 12.0. The third kappa shape index (κ3) is 3.69. The van der Waals surface area contributed by atoms with Crippen molar-refractivity contribution in [3.63, 3.8) is 0 Å². The third-order valence-electron chi connectivity index (χ3n) is 3.02. The first-order valence-electron chi connectivity index (χ1n) is 5.97. The Balaban J connectivity index is 2.22. The average Bonchev–Trinajstić information content (AvgIpc) is 2.39. The predicted molar refractivity (Wildman–Crippen MR) is 78.4 cm³/mol. The molecule has 2 aromatic carbocycles. The van der Waals surface area contributed by atoms with Crippen LogP contribution in [0.1, 0.15) is 17.2 Å². The summed E-state index contributed by atoms with van der Waals surface area (Å²) < 4.78 is 13.5. The molecule has 4 heteroatoms. The lowest BCUT2D eigenvalue weighted by Crippen LogP contribution is -2.19. The first-order chi connectivity index (χ1) is 9.10. The van der Waals surface area contributed by atoms with Crippen molar-refractivity contribution >= 4 is 23.2 Å². The summed E-state index contributed by atoms with van der Waals surface area (Å²) in [6.07, 6.45) is 0.734. The van der Waals surface area contributed by atoms with E-state index in [0.717, 1.165) is 17.5 Å². The molecule has 0 aliphatic carbocycles. The summed E-state index contributed by atoms with van der Waals surface area (Å²) in [5.74, 6) is -0.398. The van der Waals surface area contributed by atoms with Crippen molar-refractivity contribution in [2.24, 2.45) is 0 Å². The number of hydrogen-bond donors (Lipinski definition) is 1. The minimum atomic E-state index is -0.398. The molecule has 1 N–H and O–H groups in total. The molecule has 0 radical (unpaired) electrons. The maximum atomic E-state index is 13.5. The van der Waals surface area contributed by atoms with Crippen molar-refractivity contribution in [3.05, 3.63) is 69.5 Å². The van der Waals surface area contributed by atoms with E-state index in [1.165, 1.54) is 6.07 Å². The van der Waals surface area contributed by atoms with Gasteiger partial charge in [-0.1, -0.05) is 41.4 Å². The fourth-order valence-corrected chi connectivity index (χ4v) is 2.35. The Bertz CT molecular complexity index is 572. The SMILES string of the molecule is CNC(Cc1cccc(Cl)c1)c1ccc(Cl)c(F)c1. The molecule has 0 aliphatic rings. The molecule has 1 nitrogen and oxygen atoms in total. The second-order valence-electron chi connectivity index (χ2n) is 4.35. The monoisotopic (exact) mass is 297 g/mol. The summed E-state index contributed by atoms with van der Waals surface area (Å²) in [7, 11) is 1.85. The average molecular weight is 298 g/mol. The third-order valence-corrected chi connectivity index (χ3v) is 3.56. The Labute approximate surface area is 122 Å². The van der Waals surface area contributed by atoms with Crippen molar-refractivity contribution in [2.45, 2.75) is 12.5 Å². The summed E-state index contributed by atoms with van der Waals surface area (Å²) in [5.41, 5.74) is 1.96. The van der Waals surface area contributed by atoms with E-state index < -0.39 is 5.82 Å². The van der Waals surface area contributed by atoms with E-state index in [9.17, 15) is 4.39 Å². The highest BCUT2D eigenvalue weighted by Gasteiger charge is 2.12. The van der Waals surface area contributed by atoms with Gasteiger partial charge in [-0.2, -0.15) is 0 Å². The Morgan fingerprint density at radius 2 is 1.95 bits per heavy atom. The fourth-order valence-electron chi connectivity index (χ4n) is 2.02. The molecular weight excluding hydrogens is 284 g/mol. The highest BCUT2D eigenvalue weighted by Crippen LogP contribution is 2.23. The second-order valence-corrected chi connectivity index (χ2v) is 5.19. The van der Waals surface area contributed by atoms with Crippen molar-refractivity contribution < 1.29 is 4.39 Å². The van der Waals surface area contributed by atoms with Gasteiger partial charge in [-0.25, -0.2) is 4.39 Å². The summed E-state index contributed by atoms with van der Waals surface area (Å²) in [4.78, 5) is 0. The van der Waals surface area contributed by atoms with Gasteiger partial charge in [-0.05, 0) is 48.9 Å². The Kier molecular flexibility index (Phi) is 4.81. The first-order valence-corrected chi connectivity index (χ1v) is 6.72. The van der Waals surface area contributed by atoms with Crippen LogP contribution in [-0.4, -0.2) is 7.05 Å². The van der Waals surface area contributed by atoms with Crippen molar-refractivity contribution in [3.8, 4) is 0 Å². The van der Waals surface area contributed by atoms with E-state index in [1.807, 2.05) is 37.4 Å². The molecule has 0 amide bonds. The molecule has 0 fully saturated rings. The van der Waals surface area contributed by atoms with Crippen LogP contribution in [0, 0.1) is 5.82 Å². The number of hydrogen-bond acceptors (Lipinski definition) is 1. The Morgan fingerprint density at radius 3 is 2.58 bits per heavy atom. The molecule has 2 aromatic rings. The van der Waals surface area contributed by atoms with Gasteiger partial charge in [-0.15, -0.1) is 0 Å². The number of likely N-dealkylation sites (N-methyl/N-ethyl adjacent to an activating group) is 1. The molecule has 0 saturated carbocycles. The van der Waals surface area contributed by atoms with Crippen LogP contribution in [0.5, 0.6) is 0 Å². The second kappa shape index (κ2) is 6.38. The van der Waals surface area contributed by atoms with Crippen LogP contribution in [-0.2, 0) is 6.42 Å². The molecule has 19 heavy (non-hydrogen) atoms. The maximum absolute atomic E-state index is 13.5. The molecule has 1 unspecified atom stereocenters. The van der Waals surface area contributed by atoms with E-state index in [1.54, 1.807) is 6.07 Å². The molecule has 0 spiro atoms. The molecular formula is C15H14Cl2FN. The van der Waals surface area contributed by atoms with Crippen LogP contribution < -0.4 is 5.32 Å². The topological polar surface area (TPSA) is 12.0 Å². The number of benzene rings is 2. The largest absolute Gasteiger partial charge is 0.313 e. The van der Waals surface area contributed by atoms with Crippen LogP contribution in [0.15, 0.2) is 42.5 Å². The summed E-state index contributed by atoms with van der Waals surface area (Å²) in [6.45, 7) is 0. The molecule has 2 rings (SSSR count). The lowest BCUT2D eigenvalue weighted by molar-refractivity contribution is 0.577. The van der Waals surface area contributed by atoms with Crippen LogP contribution in [0.4, 0.5) is 4.39 Å². The van der Waals surface area contributed by atoms with Gasteiger partial charge >= 0.3 is 0 Å². The van der Waals surface area contributed by atoms with E-state index in [4.69, 9.17) is 23.2 Å². The Morgan fingerprint density at radius 1 is 1.16 bits per heavy atom. The summed E-state index contributed by atoms with van der Waals surface area (Å²) in [5, 5.41) is 4.02.